The van der Waals surface area contributed by atoms with E-state index in [0.29, 0.717) is 0 Å². The zero-order valence-electron chi connectivity index (χ0n) is 17.2. The Kier molecular flexibility index (Phi) is 6.47. The zero-order valence-corrected chi connectivity index (χ0v) is 18.0. The first-order chi connectivity index (χ1) is 16.5. The summed E-state index contributed by atoms with van der Waals surface area (Å²) in [5.74, 6) is -0.298. The molecule has 0 saturated heterocycles. The van der Waals surface area contributed by atoms with Crippen molar-refractivity contribution in [3.05, 3.63) is 65.7 Å². The van der Waals surface area contributed by atoms with Gasteiger partial charge in [0.1, 0.15) is 5.03 Å². The number of hydrogen-bond acceptors (Lipinski definition) is 7. The van der Waals surface area contributed by atoms with E-state index in [1.165, 1.54) is 30.3 Å². The maximum Gasteiger partial charge on any atom is 0.416 e. The minimum absolute atomic E-state index is 0.0555. The maximum atomic E-state index is 13.1. The van der Waals surface area contributed by atoms with Crippen LogP contribution < -0.4 is 5.73 Å². The minimum atomic E-state index is -4.55. The molecule has 0 amide bonds. The average Bonchev–Trinajstić information content (AvgIpc) is 3.27. The van der Waals surface area contributed by atoms with Gasteiger partial charge in [0, 0.05) is 11.1 Å². The number of benzene rings is 2. The van der Waals surface area contributed by atoms with Crippen molar-refractivity contribution >= 4 is 24.0 Å². The molecule has 0 fully saturated rings. The number of halogens is 6. The summed E-state index contributed by atoms with van der Waals surface area (Å²) in [6.45, 7) is 0. The number of nitrogens with two attached hydrogens (primary N) is 1. The van der Waals surface area contributed by atoms with Crippen molar-refractivity contribution in [2.24, 2.45) is 10.7 Å². The molecule has 0 aliphatic heterocycles. The Hall–Kier alpha value is -3.94. The SMILES string of the molecule is N/C=N\c1nc(Sc2nnc(-c3cccc(C(F)(F)F)c3)o2)cc(-c2cccc(C(F)(F)F)c2)n1. The summed E-state index contributed by atoms with van der Waals surface area (Å²) in [6, 6.07) is 10.2. The number of aliphatic imine (C=N–C) groups is 1. The van der Waals surface area contributed by atoms with Crippen LogP contribution >= 0.6 is 11.8 Å². The fourth-order valence-electron chi connectivity index (χ4n) is 2.88. The Labute approximate surface area is 197 Å². The summed E-state index contributed by atoms with van der Waals surface area (Å²) in [6.07, 6.45) is -8.19. The van der Waals surface area contributed by atoms with Crippen molar-refractivity contribution in [2.45, 2.75) is 22.6 Å². The molecule has 0 aliphatic carbocycles. The Morgan fingerprint density at radius 1 is 0.829 bits per heavy atom. The van der Waals surface area contributed by atoms with Crippen molar-refractivity contribution in [1.29, 1.82) is 0 Å². The van der Waals surface area contributed by atoms with Gasteiger partial charge in [-0.05, 0) is 48.2 Å². The molecule has 14 heteroatoms. The van der Waals surface area contributed by atoms with Gasteiger partial charge in [-0.2, -0.15) is 26.3 Å². The van der Waals surface area contributed by atoms with Crippen molar-refractivity contribution in [3.8, 4) is 22.7 Å². The van der Waals surface area contributed by atoms with Gasteiger partial charge in [-0.1, -0.05) is 18.2 Å². The Morgan fingerprint density at radius 3 is 2.09 bits per heavy atom. The van der Waals surface area contributed by atoms with Crippen LogP contribution in [-0.2, 0) is 12.4 Å². The number of alkyl halides is 6. The van der Waals surface area contributed by atoms with Gasteiger partial charge < -0.3 is 10.2 Å². The Balaban J connectivity index is 1.66. The molecule has 0 atom stereocenters. The molecular weight excluding hydrogens is 498 g/mol. The van der Waals surface area contributed by atoms with E-state index < -0.39 is 23.5 Å². The largest absolute Gasteiger partial charge is 0.416 e. The lowest BCUT2D eigenvalue weighted by Gasteiger charge is -2.09. The molecule has 2 N–H and O–H groups in total. The summed E-state index contributed by atoms with van der Waals surface area (Å²) in [5, 5.41) is 7.66. The van der Waals surface area contributed by atoms with E-state index in [2.05, 4.69) is 25.2 Å². The molecule has 4 rings (SSSR count). The van der Waals surface area contributed by atoms with Gasteiger partial charge in [-0.15, -0.1) is 10.2 Å². The average molecular weight is 510 g/mol. The number of nitrogens with zero attached hydrogens (tertiary/aromatic N) is 5. The summed E-state index contributed by atoms with van der Waals surface area (Å²) < 4.78 is 83.7. The molecule has 180 valence electrons. The molecule has 2 aromatic heterocycles. The quantitative estimate of drug-likeness (QED) is 0.152. The number of rotatable bonds is 5. The van der Waals surface area contributed by atoms with Crippen molar-refractivity contribution < 1.29 is 30.8 Å². The molecule has 0 saturated carbocycles. The van der Waals surface area contributed by atoms with Crippen LogP contribution in [0.25, 0.3) is 22.7 Å². The molecule has 0 bridgehead atoms. The summed E-state index contributed by atoms with van der Waals surface area (Å²) in [5.41, 5.74) is 3.87. The van der Waals surface area contributed by atoms with Crippen molar-refractivity contribution in [1.82, 2.24) is 20.2 Å². The fourth-order valence-corrected chi connectivity index (χ4v) is 3.56. The third kappa shape index (κ3) is 5.77. The number of hydrogen-bond donors (Lipinski definition) is 1. The lowest BCUT2D eigenvalue weighted by Crippen LogP contribution is -2.04. The van der Waals surface area contributed by atoms with E-state index in [1.807, 2.05) is 0 Å². The first-order valence-corrected chi connectivity index (χ1v) is 10.3. The normalized spacial score (nSPS) is 12.4. The third-order valence-corrected chi connectivity index (χ3v) is 5.16. The minimum Gasteiger partial charge on any atom is -0.411 e. The molecular formula is C21H12F6N6OS. The molecule has 0 aliphatic rings. The molecule has 0 spiro atoms. The molecule has 4 aromatic rings. The highest BCUT2D eigenvalue weighted by molar-refractivity contribution is 7.99. The Morgan fingerprint density at radius 2 is 1.46 bits per heavy atom. The second kappa shape index (κ2) is 9.37. The summed E-state index contributed by atoms with van der Waals surface area (Å²) in [4.78, 5) is 12.0. The summed E-state index contributed by atoms with van der Waals surface area (Å²) in [7, 11) is 0. The van der Waals surface area contributed by atoms with Gasteiger partial charge in [0.2, 0.25) is 5.89 Å². The van der Waals surface area contributed by atoms with E-state index in [-0.39, 0.29) is 38.9 Å². The monoisotopic (exact) mass is 510 g/mol. The van der Waals surface area contributed by atoms with E-state index in [9.17, 15) is 26.3 Å². The second-order valence-electron chi connectivity index (χ2n) is 6.80. The highest BCUT2D eigenvalue weighted by Gasteiger charge is 2.31. The predicted molar refractivity (Wildman–Crippen MR) is 114 cm³/mol. The van der Waals surface area contributed by atoms with E-state index in [0.717, 1.165) is 42.4 Å². The Bertz CT molecular complexity index is 1390. The molecule has 7 nitrogen and oxygen atoms in total. The maximum absolute atomic E-state index is 13.1. The lowest BCUT2D eigenvalue weighted by molar-refractivity contribution is -0.138. The van der Waals surface area contributed by atoms with Crippen LogP contribution in [0.5, 0.6) is 0 Å². The third-order valence-electron chi connectivity index (χ3n) is 4.40. The van der Waals surface area contributed by atoms with E-state index in [4.69, 9.17) is 10.2 Å². The summed E-state index contributed by atoms with van der Waals surface area (Å²) >= 11 is 0.821. The second-order valence-corrected chi connectivity index (χ2v) is 7.77. The molecule has 2 heterocycles. The number of aromatic nitrogens is 4. The van der Waals surface area contributed by atoms with Gasteiger partial charge in [-0.3, -0.25) is 0 Å². The van der Waals surface area contributed by atoms with Crippen LogP contribution in [0.2, 0.25) is 0 Å². The highest BCUT2D eigenvalue weighted by Crippen LogP contribution is 2.36. The van der Waals surface area contributed by atoms with Crippen molar-refractivity contribution in [3.63, 3.8) is 0 Å². The molecule has 35 heavy (non-hydrogen) atoms. The van der Waals surface area contributed by atoms with Crippen LogP contribution in [0, 0.1) is 0 Å². The van der Waals surface area contributed by atoms with E-state index >= 15 is 0 Å². The van der Waals surface area contributed by atoms with Gasteiger partial charge in [-0.25, -0.2) is 15.0 Å². The standard InChI is InChI=1S/C21H12F6N6OS/c22-20(23,24)13-5-1-3-11(7-13)15-9-16(31-18(30-15)29-10-28)35-19-33-32-17(34-19)12-4-2-6-14(8-12)21(25,26)27/h1-10H,(H2,28,29,30,31). The first-order valence-electron chi connectivity index (χ1n) is 9.53. The predicted octanol–water partition coefficient (Wildman–Crippen LogP) is 6.00. The first kappa shape index (κ1) is 24.2. The van der Waals surface area contributed by atoms with Crippen LogP contribution in [0.3, 0.4) is 0 Å². The van der Waals surface area contributed by atoms with Gasteiger partial charge >= 0.3 is 12.4 Å². The lowest BCUT2D eigenvalue weighted by atomic mass is 10.1. The van der Waals surface area contributed by atoms with Crippen LogP contribution in [0.1, 0.15) is 11.1 Å². The van der Waals surface area contributed by atoms with Gasteiger partial charge in [0.25, 0.3) is 11.2 Å². The topological polar surface area (TPSA) is 103 Å². The van der Waals surface area contributed by atoms with Crippen molar-refractivity contribution in [2.75, 3.05) is 0 Å². The smallest absolute Gasteiger partial charge is 0.411 e. The molecule has 0 unspecified atom stereocenters. The molecule has 0 radical (unpaired) electrons. The molecule has 2 aromatic carbocycles. The van der Waals surface area contributed by atoms with Gasteiger partial charge in [0.15, 0.2) is 0 Å². The zero-order chi connectivity index (χ0) is 25.2. The highest BCUT2D eigenvalue weighted by atomic mass is 32.2. The van der Waals surface area contributed by atoms with Crippen LogP contribution in [0.15, 0.2) is 74.3 Å². The van der Waals surface area contributed by atoms with Crippen LogP contribution in [-0.4, -0.2) is 26.5 Å². The van der Waals surface area contributed by atoms with E-state index in [1.54, 1.807) is 0 Å². The fraction of sp³-hybridized carbons (Fsp3) is 0.0952. The van der Waals surface area contributed by atoms with Crippen LogP contribution in [0.4, 0.5) is 32.3 Å². The van der Waals surface area contributed by atoms with Gasteiger partial charge in [0.05, 0.1) is 23.2 Å².